The zero-order valence-corrected chi connectivity index (χ0v) is 9.85. The zero-order valence-electron chi connectivity index (χ0n) is 9.85. The summed E-state index contributed by atoms with van der Waals surface area (Å²) in [6, 6.07) is 4.84. The van der Waals surface area contributed by atoms with Gasteiger partial charge in [0.15, 0.2) is 5.75 Å². The molecule has 0 aromatic heterocycles. The van der Waals surface area contributed by atoms with Crippen molar-refractivity contribution in [1.82, 2.24) is 0 Å². The van der Waals surface area contributed by atoms with Crippen LogP contribution in [0.2, 0.25) is 0 Å². The highest BCUT2D eigenvalue weighted by atomic mass is 19.3. The lowest BCUT2D eigenvalue weighted by Crippen LogP contribution is -2.35. The number of aliphatic hydroxyl groups excluding tert-OH is 1. The van der Waals surface area contributed by atoms with Gasteiger partial charge in [-0.1, -0.05) is 0 Å². The zero-order chi connectivity index (χ0) is 13.1. The van der Waals surface area contributed by atoms with Crippen LogP contribution in [0.3, 0.4) is 0 Å². The number of hydrogen-bond donors (Lipinski definition) is 2. The molecule has 2 rings (SSSR count). The van der Waals surface area contributed by atoms with E-state index in [1.54, 1.807) is 12.1 Å². The van der Waals surface area contributed by atoms with E-state index in [0.29, 0.717) is 25.9 Å². The number of rotatable bonds is 3. The molecule has 100 valence electrons. The lowest BCUT2D eigenvalue weighted by molar-refractivity contribution is -0.0493. The quantitative estimate of drug-likeness (QED) is 0.812. The van der Waals surface area contributed by atoms with Gasteiger partial charge < -0.3 is 20.5 Å². The third kappa shape index (κ3) is 3.01. The molecule has 1 heterocycles. The van der Waals surface area contributed by atoms with Crippen LogP contribution >= 0.6 is 0 Å². The maximum Gasteiger partial charge on any atom is 0.387 e. The maximum absolute atomic E-state index is 12.2. The van der Waals surface area contributed by atoms with E-state index in [2.05, 4.69) is 4.74 Å². The van der Waals surface area contributed by atoms with E-state index >= 15 is 0 Å². The second-order valence-electron chi connectivity index (χ2n) is 4.32. The van der Waals surface area contributed by atoms with Gasteiger partial charge in [-0.15, -0.1) is 0 Å². The Labute approximate surface area is 104 Å². The first-order valence-corrected chi connectivity index (χ1v) is 5.83. The van der Waals surface area contributed by atoms with Gasteiger partial charge in [0.1, 0.15) is 0 Å². The molecular formula is C12H16F2N2O2. The maximum atomic E-state index is 12.2. The summed E-state index contributed by atoms with van der Waals surface area (Å²) in [5.41, 5.74) is 6.55. The highest BCUT2D eigenvalue weighted by Crippen LogP contribution is 2.30. The standard InChI is InChI=1S/C12H16F2N2O2/c13-12(14)18-11-7-8(1-2-10(11)15)16-5-3-9(17)4-6-16/h1-2,7,9,12,17H,3-6,15H2. The van der Waals surface area contributed by atoms with Crippen LogP contribution in [-0.4, -0.2) is 30.9 Å². The van der Waals surface area contributed by atoms with Crippen molar-refractivity contribution in [3.05, 3.63) is 18.2 Å². The molecule has 0 aliphatic carbocycles. The fourth-order valence-corrected chi connectivity index (χ4v) is 2.04. The number of halogens is 2. The number of nitrogen functional groups attached to an aromatic ring is 1. The van der Waals surface area contributed by atoms with E-state index in [4.69, 9.17) is 5.73 Å². The van der Waals surface area contributed by atoms with Crippen LogP contribution in [0.4, 0.5) is 20.2 Å². The van der Waals surface area contributed by atoms with Gasteiger partial charge in [0.05, 0.1) is 11.8 Å². The van der Waals surface area contributed by atoms with Crippen LogP contribution in [0.15, 0.2) is 18.2 Å². The summed E-state index contributed by atoms with van der Waals surface area (Å²) in [4.78, 5) is 2.02. The minimum Gasteiger partial charge on any atom is -0.433 e. The van der Waals surface area contributed by atoms with E-state index in [-0.39, 0.29) is 17.5 Å². The van der Waals surface area contributed by atoms with E-state index in [1.165, 1.54) is 6.07 Å². The Morgan fingerprint density at radius 1 is 1.33 bits per heavy atom. The molecule has 0 atom stereocenters. The number of nitrogens with two attached hydrogens (primary N) is 1. The van der Waals surface area contributed by atoms with Gasteiger partial charge in [0.2, 0.25) is 0 Å². The van der Waals surface area contributed by atoms with Crippen LogP contribution < -0.4 is 15.4 Å². The van der Waals surface area contributed by atoms with Gasteiger partial charge in [0.25, 0.3) is 0 Å². The fourth-order valence-electron chi connectivity index (χ4n) is 2.04. The minimum atomic E-state index is -2.88. The van der Waals surface area contributed by atoms with Gasteiger partial charge in [-0.05, 0) is 25.0 Å². The molecule has 1 saturated heterocycles. The summed E-state index contributed by atoms with van der Waals surface area (Å²) in [7, 11) is 0. The molecular weight excluding hydrogens is 242 g/mol. The normalized spacial score (nSPS) is 17.2. The molecule has 0 spiro atoms. The molecule has 18 heavy (non-hydrogen) atoms. The highest BCUT2D eigenvalue weighted by Gasteiger charge is 2.18. The third-order valence-electron chi connectivity index (χ3n) is 3.04. The monoisotopic (exact) mass is 258 g/mol. The summed E-state index contributed by atoms with van der Waals surface area (Å²) in [6.45, 7) is -1.50. The van der Waals surface area contributed by atoms with Crippen molar-refractivity contribution in [3.63, 3.8) is 0 Å². The van der Waals surface area contributed by atoms with Gasteiger partial charge in [-0.2, -0.15) is 8.78 Å². The van der Waals surface area contributed by atoms with Crippen LogP contribution in [-0.2, 0) is 0 Å². The smallest absolute Gasteiger partial charge is 0.387 e. The fraction of sp³-hybridized carbons (Fsp3) is 0.500. The summed E-state index contributed by atoms with van der Waals surface area (Å²) in [5.74, 6) is -0.00591. The molecule has 0 radical (unpaired) electrons. The molecule has 3 N–H and O–H groups in total. The number of anilines is 2. The second kappa shape index (κ2) is 5.39. The lowest BCUT2D eigenvalue weighted by Gasteiger charge is -2.31. The molecule has 1 aromatic rings. The Hall–Kier alpha value is -1.56. The number of aliphatic hydroxyl groups is 1. The van der Waals surface area contributed by atoms with Crippen molar-refractivity contribution >= 4 is 11.4 Å². The summed E-state index contributed by atoms with van der Waals surface area (Å²) in [5, 5.41) is 9.42. The summed E-state index contributed by atoms with van der Waals surface area (Å²) < 4.78 is 28.8. The van der Waals surface area contributed by atoms with Crippen molar-refractivity contribution in [2.75, 3.05) is 23.7 Å². The van der Waals surface area contributed by atoms with Gasteiger partial charge in [-0.25, -0.2) is 0 Å². The summed E-state index contributed by atoms with van der Waals surface area (Å²) >= 11 is 0. The first-order chi connectivity index (χ1) is 8.56. The number of alkyl halides is 2. The van der Waals surface area contributed by atoms with Gasteiger partial charge >= 0.3 is 6.61 Å². The Morgan fingerprint density at radius 3 is 2.61 bits per heavy atom. The highest BCUT2D eigenvalue weighted by molar-refractivity contribution is 5.62. The molecule has 1 aliphatic rings. The first-order valence-electron chi connectivity index (χ1n) is 5.83. The predicted molar refractivity (Wildman–Crippen MR) is 64.9 cm³/mol. The Morgan fingerprint density at radius 2 is 2.00 bits per heavy atom. The number of nitrogens with zero attached hydrogens (tertiary/aromatic N) is 1. The molecule has 0 unspecified atom stereocenters. The molecule has 1 aromatic carbocycles. The van der Waals surface area contributed by atoms with Crippen LogP contribution in [0, 0.1) is 0 Å². The van der Waals surface area contributed by atoms with Crippen molar-refractivity contribution in [2.45, 2.75) is 25.6 Å². The predicted octanol–water partition coefficient (Wildman–Crippen LogP) is 1.83. The SMILES string of the molecule is Nc1ccc(N2CCC(O)CC2)cc1OC(F)F. The first kappa shape index (κ1) is 12.9. The molecule has 1 aliphatic heterocycles. The van der Waals surface area contributed by atoms with Gasteiger partial charge in [0, 0.05) is 24.8 Å². The van der Waals surface area contributed by atoms with Crippen molar-refractivity contribution in [2.24, 2.45) is 0 Å². The Kier molecular flexibility index (Phi) is 3.86. The summed E-state index contributed by atoms with van der Waals surface area (Å²) in [6.07, 6.45) is 1.08. The van der Waals surface area contributed by atoms with Crippen molar-refractivity contribution in [3.8, 4) is 5.75 Å². The van der Waals surface area contributed by atoms with Crippen LogP contribution in [0.1, 0.15) is 12.8 Å². The average Bonchev–Trinajstić information content (AvgIpc) is 2.32. The lowest BCUT2D eigenvalue weighted by atomic mass is 10.1. The molecule has 0 saturated carbocycles. The van der Waals surface area contributed by atoms with Gasteiger partial charge in [-0.3, -0.25) is 0 Å². The largest absolute Gasteiger partial charge is 0.433 e. The Bertz CT molecular complexity index is 407. The molecule has 6 heteroatoms. The van der Waals surface area contributed by atoms with Crippen LogP contribution in [0.25, 0.3) is 0 Å². The number of benzene rings is 1. The molecule has 1 fully saturated rings. The van der Waals surface area contributed by atoms with E-state index in [9.17, 15) is 13.9 Å². The van der Waals surface area contributed by atoms with E-state index in [0.717, 1.165) is 5.69 Å². The number of piperidine rings is 1. The van der Waals surface area contributed by atoms with E-state index < -0.39 is 6.61 Å². The average molecular weight is 258 g/mol. The van der Waals surface area contributed by atoms with Crippen molar-refractivity contribution in [1.29, 1.82) is 0 Å². The second-order valence-corrected chi connectivity index (χ2v) is 4.32. The molecule has 0 amide bonds. The number of hydrogen-bond acceptors (Lipinski definition) is 4. The third-order valence-corrected chi connectivity index (χ3v) is 3.04. The number of ether oxygens (including phenoxy) is 1. The Balaban J connectivity index is 2.13. The van der Waals surface area contributed by atoms with Crippen molar-refractivity contribution < 1.29 is 18.6 Å². The van der Waals surface area contributed by atoms with Crippen LogP contribution in [0.5, 0.6) is 5.75 Å². The molecule has 4 nitrogen and oxygen atoms in total. The minimum absolute atomic E-state index is 0.00591. The molecule has 0 bridgehead atoms. The van der Waals surface area contributed by atoms with E-state index in [1.807, 2.05) is 4.90 Å². The topological polar surface area (TPSA) is 58.7 Å².